The van der Waals surface area contributed by atoms with E-state index in [1.165, 1.54) is 11.8 Å². The molecule has 3 aromatic rings. The van der Waals surface area contributed by atoms with E-state index in [4.69, 9.17) is 4.74 Å². The van der Waals surface area contributed by atoms with Crippen LogP contribution < -0.4 is 4.74 Å². The molecule has 5 nitrogen and oxygen atoms in total. The molecule has 0 aliphatic heterocycles. The molecular weight excluding hydrogens is 310 g/mol. The molecular formula is C17H17N3O2S. The fourth-order valence-electron chi connectivity index (χ4n) is 2.19. The van der Waals surface area contributed by atoms with E-state index >= 15 is 0 Å². The molecule has 118 valence electrons. The Hall–Kier alpha value is -2.31. The van der Waals surface area contributed by atoms with Crippen molar-refractivity contribution in [3.8, 4) is 11.4 Å². The number of para-hydroxylation sites is 1. The Morgan fingerprint density at radius 1 is 1.17 bits per heavy atom. The maximum Gasteiger partial charge on any atom is 0.195 e. The summed E-state index contributed by atoms with van der Waals surface area (Å²) in [4.78, 5) is 0. The smallest absolute Gasteiger partial charge is 0.195 e. The molecule has 1 aromatic heterocycles. The Morgan fingerprint density at radius 3 is 2.78 bits per heavy atom. The highest BCUT2D eigenvalue weighted by atomic mass is 32.2. The van der Waals surface area contributed by atoms with Crippen molar-refractivity contribution < 1.29 is 9.84 Å². The molecule has 1 atom stereocenters. The second-order valence-electron chi connectivity index (χ2n) is 4.92. The Morgan fingerprint density at radius 2 is 2.00 bits per heavy atom. The summed E-state index contributed by atoms with van der Waals surface area (Å²) in [6, 6.07) is 17.3. The van der Waals surface area contributed by atoms with Gasteiger partial charge < -0.3 is 9.84 Å². The number of aromatic nitrogens is 3. The minimum absolute atomic E-state index is 0.485. The summed E-state index contributed by atoms with van der Waals surface area (Å²) in [5.41, 5.74) is 1.82. The van der Waals surface area contributed by atoms with Gasteiger partial charge in [-0.05, 0) is 29.8 Å². The SMILES string of the molecule is COc1cccc([C@H](O)CSc2nncn2-c2ccccc2)c1. The van der Waals surface area contributed by atoms with Crippen LogP contribution in [0.4, 0.5) is 0 Å². The van der Waals surface area contributed by atoms with Gasteiger partial charge in [0.1, 0.15) is 12.1 Å². The first-order valence-corrected chi connectivity index (χ1v) is 8.17. The van der Waals surface area contributed by atoms with Gasteiger partial charge in [-0.1, -0.05) is 42.1 Å². The Bertz CT molecular complexity index is 761. The van der Waals surface area contributed by atoms with Crippen LogP contribution in [0, 0.1) is 0 Å². The standard InChI is InChI=1S/C17H17N3O2S/c1-22-15-9-5-6-13(10-15)16(21)11-23-17-19-18-12-20(17)14-7-3-2-4-8-14/h2-10,12,16,21H,11H2,1H3/t16-/m1/s1. The summed E-state index contributed by atoms with van der Waals surface area (Å²) in [5.74, 6) is 1.22. The highest BCUT2D eigenvalue weighted by Gasteiger charge is 2.13. The molecule has 0 spiro atoms. The molecule has 23 heavy (non-hydrogen) atoms. The van der Waals surface area contributed by atoms with Gasteiger partial charge in [-0.15, -0.1) is 10.2 Å². The van der Waals surface area contributed by atoms with E-state index in [0.717, 1.165) is 22.2 Å². The molecule has 0 amide bonds. The normalized spacial score (nSPS) is 12.1. The Kier molecular flexibility index (Phi) is 4.95. The molecule has 0 saturated heterocycles. The lowest BCUT2D eigenvalue weighted by molar-refractivity contribution is 0.203. The number of ether oxygens (including phenoxy) is 1. The molecule has 0 aliphatic rings. The third-order valence-electron chi connectivity index (χ3n) is 3.40. The fraction of sp³-hybridized carbons (Fsp3) is 0.176. The highest BCUT2D eigenvalue weighted by molar-refractivity contribution is 7.99. The third-order valence-corrected chi connectivity index (χ3v) is 4.42. The van der Waals surface area contributed by atoms with Crippen LogP contribution in [0.2, 0.25) is 0 Å². The number of hydrogen-bond acceptors (Lipinski definition) is 5. The van der Waals surface area contributed by atoms with Crippen molar-refractivity contribution in [2.45, 2.75) is 11.3 Å². The maximum absolute atomic E-state index is 10.4. The van der Waals surface area contributed by atoms with Gasteiger partial charge in [0.15, 0.2) is 5.16 Å². The molecule has 0 fully saturated rings. The van der Waals surface area contributed by atoms with Crippen LogP contribution >= 0.6 is 11.8 Å². The molecule has 0 bridgehead atoms. The first kappa shape index (κ1) is 15.6. The van der Waals surface area contributed by atoms with Gasteiger partial charge in [0.25, 0.3) is 0 Å². The molecule has 0 unspecified atom stereocenters. The molecule has 1 N–H and O–H groups in total. The van der Waals surface area contributed by atoms with Crippen molar-refractivity contribution in [2.24, 2.45) is 0 Å². The van der Waals surface area contributed by atoms with Gasteiger partial charge >= 0.3 is 0 Å². The Labute approximate surface area is 138 Å². The lowest BCUT2D eigenvalue weighted by Crippen LogP contribution is -2.03. The zero-order valence-corrected chi connectivity index (χ0v) is 13.5. The highest BCUT2D eigenvalue weighted by Crippen LogP contribution is 2.26. The number of methoxy groups -OCH3 is 1. The molecule has 0 radical (unpaired) electrons. The number of benzene rings is 2. The quantitative estimate of drug-likeness (QED) is 0.705. The topological polar surface area (TPSA) is 60.2 Å². The van der Waals surface area contributed by atoms with Gasteiger partial charge in [-0.25, -0.2) is 0 Å². The van der Waals surface area contributed by atoms with E-state index in [9.17, 15) is 5.11 Å². The second-order valence-corrected chi connectivity index (χ2v) is 5.91. The Balaban J connectivity index is 1.70. The average molecular weight is 327 g/mol. The van der Waals surface area contributed by atoms with Gasteiger partial charge in [-0.2, -0.15) is 0 Å². The first-order chi connectivity index (χ1) is 11.3. The van der Waals surface area contributed by atoms with E-state index in [2.05, 4.69) is 10.2 Å². The number of aliphatic hydroxyl groups excluding tert-OH is 1. The maximum atomic E-state index is 10.4. The second kappa shape index (κ2) is 7.30. The van der Waals surface area contributed by atoms with Crippen molar-refractivity contribution in [1.82, 2.24) is 14.8 Å². The molecule has 2 aromatic carbocycles. The van der Waals surface area contributed by atoms with Crippen molar-refractivity contribution in [1.29, 1.82) is 0 Å². The molecule has 3 rings (SSSR count). The molecule has 6 heteroatoms. The van der Waals surface area contributed by atoms with Crippen molar-refractivity contribution in [2.75, 3.05) is 12.9 Å². The number of aliphatic hydroxyl groups is 1. The first-order valence-electron chi connectivity index (χ1n) is 7.18. The van der Waals surface area contributed by atoms with Crippen LogP contribution in [0.1, 0.15) is 11.7 Å². The summed E-state index contributed by atoms with van der Waals surface area (Å²) < 4.78 is 7.09. The van der Waals surface area contributed by atoms with Gasteiger partial charge in [-0.3, -0.25) is 4.57 Å². The summed E-state index contributed by atoms with van der Waals surface area (Å²) in [5, 5.41) is 19.2. The van der Waals surface area contributed by atoms with E-state index in [0.29, 0.717) is 5.75 Å². The fourth-order valence-corrected chi connectivity index (χ4v) is 3.08. The summed E-state index contributed by atoms with van der Waals surface area (Å²) in [6.45, 7) is 0. The van der Waals surface area contributed by atoms with Crippen molar-refractivity contribution in [3.05, 3.63) is 66.5 Å². The number of thioether (sulfide) groups is 1. The van der Waals surface area contributed by atoms with E-state index in [-0.39, 0.29) is 0 Å². The summed E-state index contributed by atoms with van der Waals surface area (Å²) in [6.07, 6.45) is 1.08. The van der Waals surface area contributed by atoms with Crippen LogP contribution in [0.3, 0.4) is 0 Å². The zero-order chi connectivity index (χ0) is 16.1. The van der Waals surface area contributed by atoms with Crippen LogP contribution in [-0.4, -0.2) is 32.7 Å². The predicted octanol–water partition coefficient (Wildman–Crippen LogP) is 3.10. The third kappa shape index (κ3) is 3.72. The van der Waals surface area contributed by atoms with Crippen LogP contribution in [0.5, 0.6) is 5.75 Å². The van der Waals surface area contributed by atoms with Crippen LogP contribution in [-0.2, 0) is 0 Å². The summed E-state index contributed by atoms with van der Waals surface area (Å²) in [7, 11) is 1.61. The number of nitrogens with zero attached hydrogens (tertiary/aromatic N) is 3. The van der Waals surface area contributed by atoms with Crippen molar-refractivity contribution in [3.63, 3.8) is 0 Å². The molecule has 1 heterocycles. The van der Waals surface area contributed by atoms with E-state index in [1.807, 2.05) is 59.2 Å². The minimum atomic E-state index is -0.601. The lowest BCUT2D eigenvalue weighted by atomic mass is 10.1. The van der Waals surface area contributed by atoms with Crippen LogP contribution in [0.15, 0.2) is 66.1 Å². The number of rotatable bonds is 6. The molecule has 0 aliphatic carbocycles. The van der Waals surface area contributed by atoms with Gasteiger partial charge in [0, 0.05) is 11.4 Å². The average Bonchev–Trinajstić information content (AvgIpc) is 3.09. The summed E-state index contributed by atoms with van der Waals surface area (Å²) >= 11 is 1.46. The number of hydrogen-bond donors (Lipinski definition) is 1. The largest absolute Gasteiger partial charge is 0.497 e. The predicted molar refractivity (Wildman–Crippen MR) is 90.0 cm³/mol. The van der Waals surface area contributed by atoms with Gasteiger partial charge in [0.2, 0.25) is 0 Å². The van der Waals surface area contributed by atoms with Crippen molar-refractivity contribution >= 4 is 11.8 Å². The zero-order valence-electron chi connectivity index (χ0n) is 12.7. The van der Waals surface area contributed by atoms with Gasteiger partial charge in [0.05, 0.1) is 13.2 Å². The minimum Gasteiger partial charge on any atom is -0.497 e. The van der Waals surface area contributed by atoms with E-state index in [1.54, 1.807) is 13.4 Å². The monoisotopic (exact) mass is 327 g/mol. The lowest BCUT2D eigenvalue weighted by Gasteiger charge is -2.12. The molecule has 0 saturated carbocycles. The van der Waals surface area contributed by atoms with E-state index < -0.39 is 6.10 Å². The van der Waals surface area contributed by atoms with Crippen LogP contribution in [0.25, 0.3) is 5.69 Å².